The third kappa shape index (κ3) is 2.38. The summed E-state index contributed by atoms with van der Waals surface area (Å²) < 4.78 is 0. The predicted molar refractivity (Wildman–Crippen MR) is 90.7 cm³/mol. The predicted octanol–water partition coefficient (Wildman–Crippen LogP) is 3.22. The molecule has 4 heteroatoms. The van der Waals surface area contributed by atoms with Gasteiger partial charge < -0.3 is 5.32 Å². The van der Waals surface area contributed by atoms with Crippen molar-refractivity contribution in [2.24, 2.45) is 0 Å². The maximum Gasteiger partial charge on any atom is 0.251 e. The quantitative estimate of drug-likeness (QED) is 0.631. The molecule has 0 atom stereocenters. The molecular weight excluding hydrogens is 300 g/mol. The molecule has 0 unspecified atom stereocenters. The first-order chi connectivity index (χ1) is 11.7. The van der Waals surface area contributed by atoms with Crippen molar-refractivity contribution in [3.05, 3.63) is 89.2 Å². The number of hydrogen-bond acceptors (Lipinski definition) is 3. The summed E-state index contributed by atoms with van der Waals surface area (Å²) in [6, 6.07) is 18.3. The van der Waals surface area contributed by atoms with Gasteiger partial charge in [-0.05, 0) is 35.4 Å². The van der Waals surface area contributed by atoms with Crippen molar-refractivity contribution < 1.29 is 9.59 Å². The van der Waals surface area contributed by atoms with Gasteiger partial charge in [0.25, 0.3) is 5.91 Å². The third-order valence-electron chi connectivity index (χ3n) is 4.14. The molecule has 0 spiro atoms. The SMILES string of the molecule is O=C(NCc1ccccn1)c1ccc2c(c1)C(=O)c1ccccc1-2. The highest BCUT2D eigenvalue weighted by Gasteiger charge is 2.26. The fourth-order valence-electron chi connectivity index (χ4n) is 2.94. The maximum atomic E-state index is 12.5. The summed E-state index contributed by atoms with van der Waals surface area (Å²) in [5.74, 6) is -0.243. The molecule has 3 aromatic rings. The summed E-state index contributed by atoms with van der Waals surface area (Å²) in [7, 11) is 0. The van der Waals surface area contributed by atoms with Crippen molar-refractivity contribution in [2.45, 2.75) is 6.54 Å². The highest BCUT2D eigenvalue weighted by molar-refractivity contribution is 6.22. The minimum absolute atomic E-state index is 0.0278. The lowest BCUT2D eigenvalue weighted by Gasteiger charge is -2.06. The highest BCUT2D eigenvalue weighted by atomic mass is 16.1. The Morgan fingerprint density at radius 2 is 1.62 bits per heavy atom. The Bertz CT molecular complexity index is 949. The molecule has 1 heterocycles. The molecule has 1 N–H and O–H groups in total. The molecule has 0 saturated carbocycles. The van der Waals surface area contributed by atoms with Crippen LogP contribution in [-0.2, 0) is 6.54 Å². The van der Waals surface area contributed by atoms with Crippen molar-refractivity contribution >= 4 is 11.7 Å². The van der Waals surface area contributed by atoms with Crippen LogP contribution in [0.1, 0.15) is 32.0 Å². The summed E-state index contributed by atoms with van der Waals surface area (Å²) in [6.45, 7) is 0.352. The molecule has 116 valence electrons. The molecule has 0 saturated heterocycles. The second kappa shape index (κ2) is 5.74. The number of carbonyl (C=O) groups excluding carboxylic acids is 2. The van der Waals surface area contributed by atoms with Crippen molar-refractivity contribution in [3.63, 3.8) is 0 Å². The number of ketones is 1. The molecule has 0 radical (unpaired) electrons. The van der Waals surface area contributed by atoms with E-state index >= 15 is 0 Å². The molecule has 4 rings (SSSR count). The van der Waals surface area contributed by atoms with Crippen LogP contribution in [0.3, 0.4) is 0 Å². The van der Waals surface area contributed by atoms with Crippen molar-refractivity contribution in [1.82, 2.24) is 10.3 Å². The van der Waals surface area contributed by atoms with E-state index in [1.54, 1.807) is 18.3 Å². The van der Waals surface area contributed by atoms with E-state index in [-0.39, 0.29) is 11.7 Å². The van der Waals surface area contributed by atoms with Crippen LogP contribution < -0.4 is 5.32 Å². The van der Waals surface area contributed by atoms with E-state index in [0.29, 0.717) is 23.2 Å². The van der Waals surface area contributed by atoms with Crippen LogP contribution in [0.15, 0.2) is 66.9 Å². The Labute approximate surface area is 139 Å². The summed E-state index contributed by atoms with van der Waals surface area (Å²) in [5.41, 5.74) is 4.36. The van der Waals surface area contributed by atoms with E-state index in [4.69, 9.17) is 0 Å². The molecule has 0 bridgehead atoms. The van der Waals surface area contributed by atoms with E-state index in [2.05, 4.69) is 10.3 Å². The summed E-state index contributed by atoms with van der Waals surface area (Å²) >= 11 is 0. The smallest absolute Gasteiger partial charge is 0.251 e. The van der Waals surface area contributed by atoms with E-state index in [0.717, 1.165) is 16.8 Å². The Morgan fingerprint density at radius 3 is 2.42 bits per heavy atom. The first kappa shape index (κ1) is 14.3. The van der Waals surface area contributed by atoms with Gasteiger partial charge in [-0.3, -0.25) is 14.6 Å². The molecule has 24 heavy (non-hydrogen) atoms. The van der Waals surface area contributed by atoms with Gasteiger partial charge in [-0.25, -0.2) is 0 Å². The van der Waals surface area contributed by atoms with Crippen molar-refractivity contribution in [3.8, 4) is 11.1 Å². The average Bonchev–Trinajstić information content (AvgIpc) is 2.93. The lowest BCUT2D eigenvalue weighted by Crippen LogP contribution is -2.23. The van der Waals surface area contributed by atoms with Gasteiger partial charge in [0.15, 0.2) is 5.78 Å². The van der Waals surface area contributed by atoms with Crippen LogP contribution in [0.2, 0.25) is 0 Å². The van der Waals surface area contributed by atoms with Crippen LogP contribution in [0, 0.1) is 0 Å². The number of pyridine rings is 1. The number of hydrogen-bond donors (Lipinski definition) is 1. The number of fused-ring (bicyclic) bond motifs is 3. The Kier molecular flexibility index (Phi) is 3.43. The number of rotatable bonds is 3. The van der Waals surface area contributed by atoms with E-state index < -0.39 is 0 Å². The summed E-state index contributed by atoms with van der Waals surface area (Å²) in [5, 5.41) is 2.83. The van der Waals surface area contributed by atoms with Crippen LogP contribution in [-0.4, -0.2) is 16.7 Å². The second-order valence-corrected chi connectivity index (χ2v) is 5.64. The lowest BCUT2D eigenvalue weighted by atomic mass is 10.0. The van der Waals surface area contributed by atoms with E-state index in [1.165, 1.54) is 0 Å². The van der Waals surface area contributed by atoms with Crippen LogP contribution in [0.5, 0.6) is 0 Å². The normalized spacial score (nSPS) is 11.8. The molecule has 1 aliphatic rings. The van der Waals surface area contributed by atoms with Gasteiger partial charge in [-0.1, -0.05) is 36.4 Å². The van der Waals surface area contributed by atoms with Gasteiger partial charge in [-0.15, -0.1) is 0 Å². The number of nitrogens with one attached hydrogen (secondary N) is 1. The standard InChI is InChI=1S/C20H14N2O2/c23-19-17-7-2-1-6-15(17)16-9-8-13(11-18(16)19)20(24)22-12-14-5-3-4-10-21-14/h1-11H,12H2,(H,22,24). The van der Waals surface area contributed by atoms with E-state index in [9.17, 15) is 9.59 Å². The fourth-order valence-corrected chi connectivity index (χ4v) is 2.94. The van der Waals surface area contributed by atoms with Crippen LogP contribution in [0.25, 0.3) is 11.1 Å². The first-order valence-electron chi connectivity index (χ1n) is 7.70. The minimum atomic E-state index is -0.216. The zero-order valence-electron chi connectivity index (χ0n) is 12.8. The number of nitrogens with zero attached hydrogens (tertiary/aromatic N) is 1. The summed E-state index contributed by atoms with van der Waals surface area (Å²) in [4.78, 5) is 29.0. The highest BCUT2D eigenvalue weighted by Crippen LogP contribution is 2.36. The number of aromatic nitrogens is 1. The third-order valence-corrected chi connectivity index (χ3v) is 4.14. The molecule has 0 aliphatic heterocycles. The minimum Gasteiger partial charge on any atom is -0.346 e. The van der Waals surface area contributed by atoms with Gasteiger partial charge in [0.2, 0.25) is 0 Å². The zero-order chi connectivity index (χ0) is 16.5. The van der Waals surface area contributed by atoms with Crippen molar-refractivity contribution in [2.75, 3.05) is 0 Å². The molecule has 2 aromatic carbocycles. The number of benzene rings is 2. The molecule has 1 aliphatic carbocycles. The lowest BCUT2D eigenvalue weighted by molar-refractivity contribution is 0.0950. The molecule has 1 aromatic heterocycles. The van der Waals surface area contributed by atoms with Gasteiger partial charge in [-0.2, -0.15) is 0 Å². The number of carbonyl (C=O) groups is 2. The molecule has 1 amide bonds. The van der Waals surface area contributed by atoms with Gasteiger partial charge >= 0.3 is 0 Å². The van der Waals surface area contributed by atoms with E-state index in [1.807, 2.05) is 48.5 Å². The largest absolute Gasteiger partial charge is 0.346 e. The zero-order valence-corrected chi connectivity index (χ0v) is 12.8. The van der Waals surface area contributed by atoms with Gasteiger partial charge in [0.05, 0.1) is 12.2 Å². The van der Waals surface area contributed by atoms with Crippen molar-refractivity contribution in [1.29, 1.82) is 0 Å². The molecule has 0 fully saturated rings. The van der Waals surface area contributed by atoms with Gasteiger partial charge in [0.1, 0.15) is 0 Å². The summed E-state index contributed by atoms with van der Waals surface area (Å²) in [6.07, 6.45) is 1.69. The second-order valence-electron chi connectivity index (χ2n) is 5.64. The Morgan fingerprint density at radius 1 is 0.875 bits per heavy atom. The van der Waals surface area contributed by atoms with Crippen LogP contribution in [0.4, 0.5) is 0 Å². The monoisotopic (exact) mass is 314 g/mol. The Balaban J connectivity index is 1.58. The maximum absolute atomic E-state index is 12.5. The number of amides is 1. The Hall–Kier alpha value is -3.27. The molecular formula is C20H14N2O2. The van der Waals surface area contributed by atoms with Gasteiger partial charge in [0, 0.05) is 22.9 Å². The molecule has 4 nitrogen and oxygen atoms in total. The fraction of sp³-hybridized carbons (Fsp3) is 0.0500. The van der Waals surface area contributed by atoms with Crippen LogP contribution >= 0.6 is 0 Å². The topological polar surface area (TPSA) is 59.1 Å². The first-order valence-corrected chi connectivity index (χ1v) is 7.70. The average molecular weight is 314 g/mol.